The Bertz CT molecular complexity index is 2530. The van der Waals surface area contributed by atoms with Gasteiger partial charge in [-0.3, -0.25) is 19.5 Å². The number of hydrogen-bond acceptors (Lipinski definition) is 13. The van der Waals surface area contributed by atoms with Gasteiger partial charge in [-0.05, 0) is 58.9 Å². The first-order valence-corrected chi connectivity index (χ1v) is 24.8. The summed E-state index contributed by atoms with van der Waals surface area (Å²) in [6, 6.07) is 11.6. The number of morpholine rings is 1. The van der Waals surface area contributed by atoms with Gasteiger partial charge in [-0.25, -0.2) is 23.8 Å². The van der Waals surface area contributed by atoms with Gasteiger partial charge in [0, 0.05) is 57.3 Å². The standard InChI is InChI=1S/C22H31N5O5S.C18H24N4O5S.C4H9NO/c1-14(2)16-7-6-8-17(15(3)4)20(16)23-22(29)25-33(30,31)19-13-18(26(5)24-19)21(28)27-9-11-32-12-10-27;1-10(2)12-7-6-8-13(11(3)4)16(12)19-18(25)21-28(26,27)15-9-14(17(23)24)22(5)20-15;1-2-5-4-6-3-1/h6-8,13-15H,9-12H2,1-5H3,(H2,23,25,29);6-11H,1-5H3,(H,23,24)(H2,19,21,25);5H,1-4H2. The number of carbonyl (C=O) groups is 4. The van der Waals surface area contributed by atoms with E-state index in [1.54, 1.807) is 4.90 Å². The summed E-state index contributed by atoms with van der Waals surface area (Å²) in [5, 5.41) is 24.1. The van der Waals surface area contributed by atoms with Crippen LogP contribution in [0.2, 0.25) is 0 Å². The number of aromatic nitrogens is 4. The molecule has 2 aromatic carbocycles. The fourth-order valence-electron chi connectivity index (χ4n) is 7.01. The number of sulfonamides is 2. The zero-order chi connectivity index (χ0) is 49.8. The van der Waals surface area contributed by atoms with Gasteiger partial charge in [0.15, 0.2) is 10.1 Å². The third-order valence-corrected chi connectivity index (χ3v) is 12.9. The number of benzene rings is 2. The van der Waals surface area contributed by atoms with Gasteiger partial charge in [0.05, 0.1) is 19.9 Å². The summed E-state index contributed by atoms with van der Waals surface area (Å²) in [4.78, 5) is 50.5. The number of rotatable bonds is 12. The van der Waals surface area contributed by atoms with Crippen LogP contribution >= 0.6 is 0 Å². The topological polar surface area (TPSA) is 274 Å². The number of aryl methyl sites for hydroxylation is 2. The van der Waals surface area contributed by atoms with Crippen molar-refractivity contribution in [1.82, 2.24) is 39.2 Å². The lowest BCUT2D eigenvalue weighted by Gasteiger charge is -2.26. The molecule has 2 aromatic heterocycles. The normalized spacial score (nSPS) is 14.2. The SMILES string of the molecule is C1CNCOC1.CC(C)c1cccc(C(C)C)c1NC(=O)NS(=O)(=O)c1cc(C(=O)N2CCOCC2)n(C)n1.CC(C)c1cccc(C(C)C)c1NC(=O)NS(=O)(=O)c1cc(C(=O)O)n(C)n1. The molecule has 0 unspecified atom stereocenters. The minimum atomic E-state index is -4.34. The summed E-state index contributed by atoms with van der Waals surface area (Å²) in [7, 11) is -5.85. The van der Waals surface area contributed by atoms with Crippen LogP contribution in [-0.2, 0) is 43.6 Å². The van der Waals surface area contributed by atoms with Crippen molar-refractivity contribution < 1.29 is 50.6 Å². The lowest BCUT2D eigenvalue weighted by atomic mass is 9.93. The first kappa shape index (κ1) is 53.7. The van der Waals surface area contributed by atoms with E-state index in [-0.39, 0.29) is 41.0 Å². The molecule has 6 rings (SSSR count). The summed E-state index contributed by atoms with van der Waals surface area (Å²) >= 11 is 0. The number of para-hydroxylation sites is 2. The van der Waals surface area contributed by atoms with Gasteiger partial charge in [-0.15, -0.1) is 0 Å². The molecule has 6 N–H and O–H groups in total. The minimum absolute atomic E-state index is 0.111. The Hall–Kier alpha value is -5.88. The van der Waals surface area contributed by atoms with Gasteiger partial charge in [-0.1, -0.05) is 91.8 Å². The van der Waals surface area contributed by atoms with Crippen LogP contribution in [0.1, 0.15) is 129 Å². The molecular formula is C44H64N10O11S2. The molecule has 4 aromatic rings. The van der Waals surface area contributed by atoms with E-state index in [1.807, 2.05) is 101 Å². The Morgan fingerprint density at radius 2 is 1.04 bits per heavy atom. The highest BCUT2D eigenvalue weighted by atomic mass is 32.2. The molecule has 67 heavy (non-hydrogen) atoms. The quantitative estimate of drug-likeness (QED) is 0.103. The van der Waals surface area contributed by atoms with Crippen molar-refractivity contribution in [1.29, 1.82) is 0 Å². The Labute approximate surface area is 392 Å². The molecule has 0 spiro atoms. The summed E-state index contributed by atoms with van der Waals surface area (Å²) < 4.78 is 66.7. The predicted octanol–water partition coefficient (Wildman–Crippen LogP) is 5.48. The zero-order valence-electron chi connectivity index (χ0n) is 39.7. The van der Waals surface area contributed by atoms with Crippen molar-refractivity contribution in [2.75, 3.05) is 56.8 Å². The minimum Gasteiger partial charge on any atom is -0.477 e. The maximum absolute atomic E-state index is 12.8. The summed E-state index contributed by atoms with van der Waals surface area (Å²) in [5.41, 5.74) is 4.54. The van der Waals surface area contributed by atoms with E-state index in [1.165, 1.54) is 31.3 Å². The van der Waals surface area contributed by atoms with E-state index < -0.39 is 48.1 Å². The van der Waals surface area contributed by atoms with E-state index in [4.69, 9.17) is 14.6 Å². The van der Waals surface area contributed by atoms with Crippen molar-refractivity contribution >= 4 is 55.4 Å². The van der Waals surface area contributed by atoms with Gasteiger partial charge in [0.25, 0.3) is 26.0 Å². The molecule has 2 fully saturated rings. The van der Waals surface area contributed by atoms with Gasteiger partial charge < -0.3 is 30.1 Å². The molecule has 5 amide bonds. The number of hydrogen-bond donors (Lipinski definition) is 6. The van der Waals surface area contributed by atoms with Crippen LogP contribution in [0.15, 0.2) is 58.6 Å². The van der Waals surface area contributed by atoms with E-state index in [9.17, 15) is 36.0 Å². The highest BCUT2D eigenvalue weighted by Crippen LogP contribution is 2.33. The number of carboxylic acids is 1. The first-order chi connectivity index (χ1) is 31.4. The monoisotopic (exact) mass is 972 g/mol. The Morgan fingerprint density at radius 3 is 1.36 bits per heavy atom. The molecule has 368 valence electrons. The van der Waals surface area contributed by atoms with Crippen molar-refractivity contribution in [3.8, 4) is 0 Å². The van der Waals surface area contributed by atoms with Crippen molar-refractivity contribution in [3.05, 3.63) is 82.2 Å². The summed E-state index contributed by atoms with van der Waals surface area (Å²) in [6.07, 6.45) is 1.17. The Morgan fingerprint density at radius 1 is 0.642 bits per heavy atom. The molecule has 0 saturated carbocycles. The van der Waals surface area contributed by atoms with Gasteiger partial charge >= 0.3 is 18.0 Å². The number of ether oxygens (including phenoxy) is 2. The number of carboxylic acid groups (broad SMARTS) is 1. The molecular weight excluding hydrogens is 909 g/mol. The summed E-state index contributed by atoms with van der Waals surface area (Å²) in [6.45, 7) is 20.4. The maximum atomic E-state index is 12.8. The van der Waals surface area contributed by atoms with E-state index in [0.717, 1.165) is 52.9 Å². The van der Waals surface area contributed by atoms with Crippen LogP contribution in [0, 0.1) is 0 Å². The van der Waals surface area contributed by atoms with Crippen LogP contribution in [0.3, 0.4) is 0 Å². The van der Waals surface area contributed by atoms with Gasteiger partial charge in [0.1, 0.15) is 11.4 Å². The van der Waals surface area contributed by atoms with Crippen LogP contribution in [-0.4, -0.2) is 117 Å². The number of nitrogens with zero attached hydrogens (tertiary/aromatic N) is 5. The third-order valence-electron chi connectivity index (χ3n) is 10.5. The van der Waals surface area contributed by atoms with Gasteiger partial charge in [-0.2, -0.15) is 27.0 Å². The second-order valence-corrected chi connectivity index (χ2v) is 20.2. The highest BCUT2D eigenvalue weighted by molar-refractivity contribution is 7.90. The molecule has 0 bridgehead atoms. The average Bonchev–Trinajstić information content (AvgIpc) is 3.88. The van der Waals surface area contributed by atoms with Crippen molar-refractivity contribution in [2.45, 2.75) is 95.5 Å². The Kier molecular flexibility index (Phi) is 19.0. The fraction of sp³-hybridized carbons (Fsp3) is 0.500. The molecule has 0 atom stereocenters. The zero-order valence-corrected chi connectivity index (χ0v) is 41.3. The predicted molar refractivity (Wildman–Crippen MR) is 251 cm³/mol. The van der Waals surface area contributed by atoms with Crippen LogP contribution in [0.25, 0.3) is 0 Å². The van der Waals surface area contributed by atoms with E-state index >= 15 is 0 Å². The van der Waals surface area contributed by atoms with E-state index in [0.29, 0.717) is 37.7 Å². The number of amides is 5. The van der Waals surface area contributed by atoms with Crippen LogP contribution in [0.4, 0.5) is 21.0 Å². The van der Waals surface area contributed by atoms with Crippen LogP contribution < -0.4 is 25.4 Å². The van der Waals surface area contributed by atoms with Crippen LogP contribution in [0.5, 0.6) is 0 Å². The Balaban J connectivity index is 0.000000262. The molecule has 2 aliphatic heterocycles. The van der Waals surface area contributed by atoms with Gasteiger partial charge in [0.2, 0.25) is 0 Å². The number of anilines is 2. The molecule has 0 radical (unpaired) electrons. The molecule has 2 saturated heterocycles. The van der Waals surface area contributed by atoms with E-state index in [2.05, 4.69) is 26.1 Å². The molecule has 21 nitrogen and oxygen atoms in total. The van der Waals surface area contributed by atoms with Crippen molar-refractivity contribution in [2.24, 2.45) is 14.1 Å². The second-order valence-electron chi connectivity index (χ2n) is 17.0. The lowest BCUT2D eigenvalue weighted by Crippen LogP contribution is -2.41. The fourth-order valence-corrected chi connectivity index (χ4v) is 8.80. The third kappa shape index (κ3) is 14.6. The first-order valence-electron chi connectivity index (χ1n) is 21.8. The summed E-state index contributed by atoms with van der Waals surface area (Å²) in [5.74, 6) is -1.20. The smallest absolute Gasteiger partial charge is 0.354 e. The largest absolute Gasteiger partial charge is 0.477 e. The number of urea groups is 2. The maximum Gasteiger partial charge on any atom is 0.354 e. The number of aromatic carboxylic acids is 1. The average molecular weight is 973 g/mol. The lowest BCUT2D eigenvalue weighted by molar-refractivity contribution is 0.0295. The molecule has 0 aliphatic carbocycles. The highest BCUT2D eigenvalue weighted by Gasteiger charge is 2.29. The number of carbonyl (C=O) groups excluding carboxylic acids is 3. The molecule has 23 heteroatoms. The number of nitrogens with one attached hydrogen (secondary N) is 5. The second kappa shape index (κ2) is 23.7. The molecule has 2 aliphatic rings. The molecule has 4 heterocycles. The van der Waals surface area contributed by atoms with Crippen molar-refractivity contribution in [3.63, 3.8) is 0 Å².